The van der Waals surface area contributed by atoms with E-state index in [-0.39, 0.29) is 0 Å². The second-order valence-corrected chi connectivity index (χ2v) is 6.77. The summed E-state index contributed by atoms with van der Waals surface area (Å²) in [5.74, 6) is 0. The first kappa shape index (κ1) is 16.3. The van der Waals surface area contributed by atoms with Gasteiger partial charge in [-0.15, -0.1) is 0 Å². The minimum absolute atomic E-state index is 1.08. The Kier molecular flexibility index (Phi) is 9.11. The third kappa shape index (κ3) is 6.98. The van der Waals surface area contributed by atoms with E-state index in [0.29, 0.717) is 0 Å². The minimum atomic E-state index is 1.08. The molecule has 0 amide bonds. The molecule has 0 heterocycles. The lowest BCUT2D eigenvalue weighted by atomic mass is 10.1. The molecule has 1 aromatic carbocycles. The number of hydrogen-bond donors (Lipinski definition) is 1. The van der Waals surface area contributed by atoms with Crippen LogP contribution >= 0.6 is 38.5 Å². The summed E-state index contributed by atoms with van der Waals surface area (Å²) in [6, 6.07) is 6.43. The van der Waals surface area contributed by atoms with Crippen molar-refractivity contribution >= 4 is 44.2 Å². The third-order valence-corrected chi connectivity index (χ3v) is 4.35. The first-order valence-electron chi connectivity index (χ1n) is 6.93. The second kappa shape index (κ2) is 10.1. The molecule has 18 heavy (non-hydrogen) atoms. The van der Waals surface area contributed by atoms with Crippen molar-refractivity contribution in [3.05, 3.63) is 26.2 Å². The lowest BCUT2D eigenvalue weighted by molar-refractivity contribution is 0.596. The normalized spacial score (nSPS) is 10.6. The maximum absolute atomic E-state index is 3.59. The topological polar surface area (TPSA) is 12.0 Å². The molecule has 1 aromatic rings. The van der Waals surface area contributed by atoms with Gasteiger partial charge < -0.3 is 5.32 Å². The van der Waals surface area contributed by atoms with Gasteiger partial charge in [-0.3, -0.25) is 0 Å². The molecule has 1 rings (SSSR count). The maximum atomic E-state index is 3.59. The van der Waals surface area contributed by atoms with Gasteiger partial charge in [-0.1, -0.05) is 45.4 Å². The number of anilines is 1. The van der Waals surface area contributed by atoms with Crippen molar-refractivity contribution in [2.75, 3.05) is 11.9 Å². The summed E-state index contributed by atoms with van der Waals surface area (Å²) in [7, 11) is 0. The van der Waals surface area contributed by atoms with E-state index in [1.54, 1.807) is 0 Å². The molecule has 0 saturated carbocycles. The van der Waals surface area contributed by atoms with Gasteiger partial charge in [0.05, 0.1) is 0 Å². The fourth-order valence-electron chi connectivity index (χ4n) is 1.94. The lowest BCUT2D eigenvalue weighted by Gasteiger charge is -2.08. The summed E-state index contributed by atoms with van der Waals surface area (Å²) in [6.07, 6.45) is 9.54. The van der Waals surface area contributed by atoms with Crippen LogP contribution in [0.2, 0.25) is 0 Å². The summed E-state index contributed by atoms with van der Waals surface area (Å²) in [4.78, 5) is 0. The van der Waals surface area contributed by atoms with Crippen molar-refractivity contribution in [3.63, 3.8) is 0 Å². The molecule has 0 atom stereocenters. The van der Waals surface area contributed by atoms with Gasteiger partial charge in [0.15, 0.2) is 0 Å². The zero-order valence-corrected chi connectivity index (χ0v) is 14.9. The van der Waals surface area contributed by atoms with E-state index >= 15 is 0 Å². The van der Waals surface area contributed by atoms with Crippen LogP contribution in [0.15, 0.2) is 22.7 Å². The van der Waals surface area contributed by atoms with E-state index in [9.17, 15) is 0 Å². The molecular formula is C15H23BrIN. The van der Waals surface area contributed by atoms with Crippen molar-refractivity contribution in [1.29, 1.82) is 0 Å². The highest BCUT2D eigenvalue weighted by Gasteiger charge is 1.99. The SMILES string of the molecule is CCCCCCCCCNc1ccc(I)cc1Br. The quantitative estimate of drug-likeness (QED) is 0.367. The lowest BCUT2D eigenvalue weighted by Crippen LogP contribution is -2.02. The molecular weight excluding hydrogens is 401 g/mol. The maximum Gasteiger partial charge on any atom is 0.0485 e. The smallest absolute Gasteiger partial charge is 0.0485 e. The standard InChI is InChI=1S/C15H23BrIN/c1-2-3-4-5-6-7-8-11-18-15-10-9-13(17)12-14(15)16/h9-10,12,18H,2-8,11H2,1H3. The number of nitrogens with one attached hydrogen (secondary N) is 1. The van der Waals surface area contributed by atoms with Crippen molar-refractivity contribution in [2.24, 2.45) is 0 Å². The Morgan fingerprint density at radius 3 is 2.39 bits per heavy atom. The fourth-order valence-corrected chi connectivity index (χ4v) is 3.38. The van der Waals surface area contributed by atoms with Crippen LogP contribution in [0.25, 0.3) is 0 Å². The number of halogens is 2. The van der Waals surface area contributed by atoms with Crippen molar-refractivity contribution in [2.45, 2.75) is 51.9 Å². The predicted molar refractivity (Wildman–Crippen MR) is 93.3 cm³/mol. The molecule has 0 radical (unpaired) electrons. The Bertz CT molecular complexity index is 341. The van der Waals surface area contributed by atoms with Gasteiger partial charge in [-0.05, 0) is 63.1 Å². The van der Waals surface area contributed by atoms with Crippen LogP contribution in [0.1, 0.15) is 51.9 Å². The molecule has 1 N–H and O–H groups in total. The molecule has 3 heteroatoms. The molecule has 0 saturated heterocycles. The van der Waals surface area contributed by atoms with Crippen LogP contribution in [-0.2, 0) is 0 Å². The Hall–Kier alpha value is 0.230. The second-order valence-electron chi connectivity index (χ2n) is 4.67. The molecule has 0 fully saturated rings. The number of benzene rings is 1. The highest BCUT2D eigenvalue weighted by atomic mass is 127. The van der Waals surface area contributed by atoms with Crippen molar-refractivity contribution in [1.82, 2.24) is 0 Å². The van der Waals surface area contributed by atoms with Crippen LogP contribution in [0.5, 0.6) is 0 Å². The zero-order valence-electron chi connectivity index (χ0n) is 11.1. The van der Waals surface area contributed by atoms with Gasteiger partial charge in [0.1, 0.15) is 0 Å². The largest absolute Gasteiger partial charge is 0.384 e. The van der Waals surface area contributed by atoms with Crippen LogP contribution < -0.4 is 5.32 Å². The third-order valence-electron chi connectivity index (χ3n) is 3.03. The van der Waals surface area contributed by atoms with Crippen molar-refractivity contribution in [3.8, 4) is 0 Å². The highest BCUT2D eigenvalue weighted by molar-refractivity contribution is 14.1. The Balaban J connectivity index is 2.07. The van der Waals surface area contributed by atoms with E-state index in [4.69, 9.17) is 0 Å². The molecule has 0 aliphatic rings. The summed E-state index contributed by atoms with van der Waals surface area (Å²) in [5.41, 5.74) is 1.21. The summed E-state index contributed by atoms with van der Waals surface area (Å²) < 4.78 is 2.43. The molecule has 0 bridgehead atoms. The van der Waals surface area contributed by atoms with Gasteiger partial charge in [-0.25, -0.2) is 0 Å². The Labute approximate surface area is 133 Å². The predicted octanol–water partition coefficient (Wildman–Crippen LogP) is 6.22. The molecule has 0 aromatic heterocycles. The summed E-state index contributed by atoms with van der Waals surface area (Å²) >= 11 is 5.92. The summed E-state index contributed by atoms with van der Waals surface area (Å²) in [6.45, 7) is 3.34. The van der Waals surface area contributed by atoms with E-state index in [1.165, 1.54) is 54.2 Å². The van der Waals surface area contributed by atoms with E-state index < -0.39 is 0 Å². The number of hydrogen-bond acceptors (Lipinski definition) is 1. The minimum Gasteiger partial charge on any atom is -0.384 e. The molecule has 0 aliphatic heterocycles. The fraction of sp³-hybridized carbons (Fsp3) is 0.600. The monoisotopic (exact) mass is 423 g/mol. The highest BCUT2D eigenvalue weighted by Crippen LogP contribution is 2.24. The zero-order chi connectivity index (χ0) is 13.2. The van der Waals surface area contributed by atoms with E-state index in [0.717, 1.165) is 11.0 Å². The number of unbranched alkanes of at least 4 members (excludes halogenated alkanes) is 6. The first-order valence-corrected chi connectivity index (χ1v) is 8.80. The first-order chi connectivity index (χ1) is 8.74. The number of rotatable bonds is 9. The van der Waals surface area contributed by atoms with Gasteiger partial charge in [-0.2, -0.15) is 0 Å². The van der Waals surface area contributed by atoms with Gasteiger partial charge in [0.2, 0.25) is 0 Å². The Morgan fingerprint density at radius 2 is 1.72 bits per heavy atom. The van der Waals surface area contributed by atoms with Gasteiger partial charge in [0.25, 0.3) is 0 Å². The average molecular weight is 424 g/mol. The summed E-state index contributed by atoms with van der Waals surface area (Å²) in [5, 5.41) is 3.49. The molecule has 1 nitrogen and oxygen atoms in total. The molecule has 0 unspecified atom stereocenters. The molecule has 0 spiro atoms. The van der Waals surface area contributed by atoms with Crippen LogP contribution in [-0.4, -0.2) is 6.54 Å². The van der Waals surface area contributed by atoms with E-state index in [1.807, 2.05) is 0 Å². The average Bonchev–Trinajstić information content (AvgIpc) is 2.35. The van der Waals surface area contributed by atoms with Gasteiger partial charge in [0, 0.05) is 20.3 Å². The van der Waals surface area contributed by atoms with Crippen molar-refractivity contribution < 1.29 is 0 Å². The molecule has 102 valence electrons. The van der Waals surface area contributed by atoms with E-state index in [2.05, 4.69) is 69.0 Å². The van der Waals surface area contributed by atoms with Crippen LogP contribution in [0.4, 0.5) is 5.69 Å². The van der Waals surface area contributed by atoms with Gasteiger partial charge >= 0.3 is 0 Å². The molecule has 0 aliphatic carbocycles. The van der Waals surface area contributed by atoms with Crippen LogP contribution in [0, 0.1) is 3.57 Å². The van der Waals surface area contributed by atoms with Crippen LogP contribution in [0.3, 0.4) is 0 Å². The Morgan fingerprint density at radius 1 is 1.06 bits per heavy atom.